The predicted octanol–water partition coefficient (Wildman–Crippen LogP) is -5.24. The molecule has 15 heteroatoms. The van der Waals surface area contributed by atoms with E-state index in [4.69, 9.17) is 35.3 Å². The number of aliphatic hydroxyl groups excluding tert-OH is 8. The van der Waals surface area contributed by atoms with Gasteiger partial charge in [0.25, 0.3) is 0 Å². The number of rotatable bonds is 9. The van der Waals surface area contributed by atoms with Crippen molar-refractivity contribution in [2.75, 3.05) is 31.8 Å². The molecule has 0 bridgehead atoms. The molecular formula is C17H33NO13S. The van der Waals surface area contributed by atoms with Crippen molar-refractivity contribution in [3.63, 3.8) is 0 Å². The van der Waals surface area contributed by atoms with Crippen LogP contribution in [-0.4, -0.2) is 145 Å². The lowest BCUT2D eigenvalue weighted by atomic mass is 9.99. The van der Waals surface area contributed by atoms with Gasteiger partial charge in [-0.15, -0.1) is 0 Å². The van der Waals surface area contributed by atoms with Gasteiger partial charge >= 0.3 is 5.97 Å². The van der Waals surface area contributed by atoms with Gasteiger partial charge in [-0.05, 0) is 18.4 Å². The molecule has 2 aliphatic rings. The van der Waals surface area contributed by atoms with E-state index >= 15 is 0 Å². The summed E-state index contributed by atoms with van der Waals surface area (Å²) in [5.41, 5.74) is 5.19. The molecule has 2 fully saturated rings. The Hall–Kier alpha value is -0.660. The van der Waals surface area contributed by atoms with Crippen LogP contribution in [0.5, 0.6) is 0 Å². The molecule has 2 saturated heterocycles. The summed E-state index contributed by atoms with van der Waals surface area (Å²) >= 11 is 1.60. The number of carbonyl (C=O) groups is 1. The van der Waals surface area contributed by atoms with Crippen molar-refractivity contribution < 1.29 is 65.0 Å². The van der Waals surface area contributed by atoms with Crippen LogP contribution in [0, 0.1) is 0 Å². The van der Waals surface area contributed by atoms with Crippen LogP contribution in [0.3, 0.4) is 0 Å². The lowest BCUT2D eigenvalue weighted by Crippen LogP contribution is -2.62. The Morgan fingerprint density at radius 3 is 2.06 bits per heavy atom. The highest BCUT2D eigenvalue weighted by atomic mass is 32.2. The zero-order valence-corrected chi connectivity index (χ0v) is 18.2. The quantitative estimate of drug-likeness (QED) is 0.145. The summed E-state index contributed by atoms with van der Waals surface area (Å²) in [5.74, 6) is -2.32. The minimum absolute atomic E-state index is 0.552. The van der Waals surface area contributed by atoms with Gasteiger partial charge < -0.3 is 65.9 Å². The van der Waals surface area contributed by atoms with Crippen molar-refractivity contribution in [2.24, 2.45) is 5.73 Å². The van der Waals surface area contributed by atoms with Crippen LogP contribution in [0.2, 0.25) is 0 Å². The normalized spacial score (nSPS) is 40.4. The van der Waals surface area contributed by atoms with Crippen molar-refractivity contribution >= 4 is 17.7 Å². The molecule has 2 heterocycles. The first-order valence-electron chi connectivity index (χ1n) is 9.70. The molecule has 0 spiro atoms. The Bertz CT molecular complexity index is 573. The molecule has 0 amide bonds. The second-order valence-corrected chi connectivity index (χ2v) is 8.27. The maximum atomic E-state index is 10.1. The fourth-order valence-electron chi connectivity index (χ4n) is 3.00. The van der Waals surface area contributed by atoms with Crippen LogP contribution in [0.1, 0.15) is 6.42 Å². The molecule has 0 unspecified atom stereocenters. The Labute approximate surface area is 188 Å². The number of carboxylic acid groups (broad SMARTS) is 1. The van der Waals surface area contributed by atoms with E-state index in [0.717, 1.165) is 5.75 Å². The SMILES string of the molecule is CSCC[C@H](N)C(=O)O.OC[C@H]1O[C@@](CO)(O[C@H]2O[C@H](CO)[C@@H](O)[C@H](O)[C@H]2O)[C@@H](O)[C@@H]1O. The van der Waals surface area contributed by atoms with E-state index in [9.17, 15) is 35.4 Å². The molecular weight excluding hydrogens is 458 g/mol. The highest BCUT2D eigenvalue weighted by Crippen LogP contribution is 2.35. The fraction of sp³-hybridized carbons (Fsp3) is 0.941. The second kappa shape index (κ2) is 13.3. The molecule has 10 atom stereocenters. The minimum Gasteiger partial charge on any atom is -0.480 e. The molecule has 32 heavy (non-hydrogen) atoms. The second-order valence-electron chi connectivity index (χ2n) is 7.29. The molecule has 0 saturated carbocycles. The Morgan fingerprint density at radius 2 is 1.62 bits per heavy atom. The molecule has 2 aliphatic heterocycles. The van der Waals surface area contributed by atoms with E-state index < -0.39 is 86.6 Å². The number of aliphatic hydroxyl groups is 8. The van der Waals surface area contributed by atoms with Crippen molar-refractivity contribution in [3.05, 3.63) is 0 Å². The summed E-state index contributed by atoms with van der Waals surface area (Å²) in [6, 6.07) is -0.683. The fourth-order valence-corrected chi connectivity index (χ4v) is 3.49. The highest BCUT2D eigenvalue weighted by molar-refractivity contribution is 7.98. The minimum atomic E-state index is -2.22. The number of ether oxygens (including phenoxy) is 3. The predicted molar refractivity (Wildman–Crippen MR) is 107 cm³/mol. The van der Waals surface area contributed by atoms with Crippen LogP contribution in [0.4, 0.5) is 0 Å². The van der Waals surface area contributed by atoms with Crippen LogP contribution in [0.25, 0.3) is 0 Å². The van der Waals surface area contributed by atoms with Gasteiger partial charge in [0.1, 0.15) is 55.4 Å². The summed E-state index contributed by atoms with van der Waals surface area (Å²) in [7, 11) is 0. The lowest BCUT2D eigenvalue weighted by molar-refractivity contribution is -0.383. The van der Waals surface area contributed by atoms with Gasteiger partial charge in [-0.1, -0.05) is 0 Å². The summed E-state index contributed by atoms with van der Waals surface area (Å²) in [4.78, 5) is 10.1. The highest BCUT2D eigenvalue weighted by Gasteiger charge is 2.58. The van der Waals surface area contributed by atoms with Crippen LogP contribution < -0.4 is 5.73 Å². The molecule has 0 aromatic heterocycles. The molecule has 2 rings (SSSR count). The van der Waals surface area contributed by atoms with E-state index in [0.29, 0.717) is 6.42 Å². The molecule has 0 radical (unpaired) electrons. The van der Waals surface area contributed by atoms with Gasteiger partial charge in [0.15, 0.2) is 6.29 Å². The number of nitrogens with two attached hydrogens (primary N) is 1. The smallest absolute Gasteiger partial charge is 0.320 e. The summed E-state index contributed by atoms with van der Waals surface area (Å²) in [5, 5.41) is 84.9. The number of thioether (sulfide) groups is 1. The third kappa shape index (κ3) is 6.92. The topological polar surface area (TPSA) is 253 Å². The van der Waals surface area contributed by atoms with E-state index in [1.54, 1.807) is 11.8 Å². The van der Waals surface area contributed by atoms with Gasteiger partial charge in [-0.3, -0.25) is 4.79 Å². The third-order valence-electron chi connectivity index (χ3n) is 5.02. The average molecular weight is 492 g/mol. The number of aliphatic carboxylic acids is 1. The maximum absolute atomic E-state index is 10.1. The third-order valence-corrected chi connectivity index (χ3v) is 5.66. The lowest BCUT2D eigenvalue weighted by Gasteiger charge is -2.43. The van der Waals surface area contributed by atoms with Gasteiger partial charge in [0.05, 0.1) is 13.2 Å². The van der Waals surface area contributed by atoms with E-state index in [1.807, 2.05) is 6.26 Å². The average Bonchev–Trinajstić information content (AvgIpc) is 3.03. The zero-order chi connectivity index (χ0) is 24.6. The first-order chi connectivity index (χ1) is 15.0. The van der Waals surface area contributed by atoms with Crippen molar-refractivity contribution in [2.45, 2.75) is 67.3 Å². The zero-order valence-electron chi connectivity index (χ0n) is 17.4. The Kier molecular flexibility index (Phi) is 12.2. The Balaban J connectivity index is 0.000000482. The van der Waals surface area contributed by atoms with E-state index in [2.05, 4.69) is 0 Å². The van der Waals surface area contributed by atoms with Gasteiger partial charge in [0, 0.05) is 0 Å². The summed E-state index contributed by atoms with van der Waals surface area (Å²) < 4.78 is 15.4. The van der Waals surface area contributed by atoms with E-state index in [-0.39, 0.29) is 0 Å². The standard InChI is InChI=1S/C12H22O11.C5H11NO2S/c13-1-4-6(16)8(18)9(19)11(21-4)23-12(3-15)10(20)7(17)5(2-14)22-12;1-9-3-2-4(6)5(7)8/h4-11,13-20H,1-3H2;4H,2-3,6H2,1H3,(H,7,8)/t4-,5-,6-,7-,8+,9-,10+,11-,12+;4-/m10/s1. The summed E-state index contributed by atoms with van der Waals surface area (Å²) in [6.45, 7) is -2.32. The largest absolute Gasteiger partial charge is 0.480 e. The monoisotopic (exact) mass is 491 g/mol. The van der Waals surface area contributed by atoms with Gasteiger partial charge in [-0.2, -0.15) is 11.8 Å². The van der Waals surface area contributed by atoms with Crippen molar-refractivity contribution in [1.82, 2.24) is 0 Å². The molecule has 190 valence electrons. The van der Waals surface area contributed by atoms with Crippen molar-refractivity contribution in [1.29, 1.82) is 0 Å². The number of hydrogen-bond acceptors (Lipinski definition) is 14. The van der Waals surface area contributed by atoms with E-state index in [1.165, 1.54) is 0 Å². The van der Waals surface area contributed by atoms with Crippen LogP contribution in [-0.2, 0) is 19.0 Å². The number of carboxylic acids is 1. The number of hydrogen-bond donors (Lipinski definition) is 10. The molecule has 0 aromatic rings. The van der Waals surface area contributed by atoms with Gasteiger partial charge in [-0.25, -0.2) is 0 Å². The van der Waals surface area contributed by atoms with Gasteiger partial charge in [0.2, 0.25) is 5.79 Å². The van der Waals surface area contributed by atoms with Crippen LogP contribution >= 0.6 is 11.8 Å². The maximum Gasteiger partial charge on any atom is 0.320 e. The first kappa shape index (κ1) is 29.4. The Morgan fingerprint density at radius 1 is 1.03 bits per heavy atom. The first-order valence-corrected chi connectivity index (χ1v) is 11.1. The molecule has 0 aromatic carbocycles. The summed E-state index contributed by atoms with van der Waals surface area (Å²) in [6.07, 6.45) is -10.2. The molecule has 0 aliphatic carbocycles. The van der Waals surface area contributed by atoms with Crippen molar-refractivity contribution in [3.8, 4) is 0 Å². The molecule has 14 nitrogen and oxygen atoms in total. The molecule has 11 N–H and O–H groups in total. The van der Waals surface area contributed by atoms with Crippen LogP contribution in [0.15, 0.2) is 0 Å².